The lowest BCUT2D eigenvalue weighted by atomic mass is 9.95. The Morgan fingerprint density at radius 2 is 2.06 bits per heavy atom. The van der Waals surface area contributed by atoms with Crippen LogP contribution in [0.3, 0.4) is 0 Å². The van der Waals surface area contributed by atoms with E-state index in [0.29, 0.717) is 32.6 Å². The van der Waals surface area contributed by atoms with Gasteiger partial charge in [0, 0.05) is 19.8 Å². The summed E-state index contributed by atoms with van der Waals surface area (Å²) in [4.78, 5) is 0. The van der Waals surface area contributed by atoms with Crippen LogP contribution in [0, 0.1) is 0 Å². The van der Waals surface area contributed by atoms with E-state index < -0.39 is 5.60 Å². The van der Waals surface area contributed by atoms with Crippen molar-refractivity contribution >= 4 is 0 Å². The Morgan fingerprint density at radius 3 is 2.56 bits per heavy atom. The van der Waals surface area contributed by atoms with E-state index in [-0.39, 0.29) is 6.10 Å². The standard InChI is InChI=1S/C12H27NO3/c1-4-12(14,10-13)7-6-8-16-11(3)9-15-5-2/h11,14H,4-10,13H2,1-3H3. The Morgan fingerprint density at radius 1 is 1.38 bits per heavy atom. The molecule has 2 atom stereocenters. The third-order valence-electron chi connectivity index (χ3n) is 2.78. The van der Waals surface area contributed by atoms with Crippen molar-refractivity contribution in [3.8, 4) is 0 Å². The Kier molecular flexibility index (Phi) is 8.84. The molecule has 0 saturated heterocycles. The molecule has 16 heavy (non-hydrogen) atoms. The number of aliphatic hydroxyl groups is 1. The molecule has 4 nitrogen and oxygen atoms in total. The highest BCUT2D eigenvalue weighted by molar-refractivity contribution is 4.77. The predicted molar refractivity (Wildman–Crippen MR) is 65.4 cm³/mol. The van der Waals surface area contributed by atoms with Crippen LogP contribution in [0.4, 0.5) is 0 Å². The van der Waals surface area contributed by atoms with Crippen LogP contribution in [-0.2, 0) is 9.47 Å². The average molecular weight is 233 g/mol. The van der Waals surface area contributed by atoms with E-state index in [1.54, 1.807) is 0 Å². The van der Waals surface area contributed by atoms with Gasteiger partial charge in [0.25, 0.3) is 0 Å². The molecule has 0 spiro atoms. The molecule has 0 aliphatic carbocycles. The van der Waals surface area contributed by atoms with Gasteiger partial charge in [0.05, 0.1) is 18.3 Å². The molecule has 98 valence electrons. The molecule has 0 bridgehead atoms. The van der Waals surface area contributed by atoms with Gasteiger partial charge in [0.15, 0.2) is 0 Å². The van der Waals surface area contributed by atoms with Gasteiger partial charge in [-0.1, -0.05) is 6.92 Å². The van der Waals surface area contributed by atoms with Crippen molar-refractivity contribution in [2.45, 2.75) is 51.7 Å². The second-order valence-corrected chi connectivity index (χ2v) is 4.23. The molecule has 0 aliphatic rings. The lowest BCUT2D eigenvalue weighted by Gasteiger charge is -2.25. The fraction of sp³-hybridized carbons (Fsp3) is 1.00. The lowest BCUT2D eigenvalue weighted by molar-refractivity contribution is -0.0171. The highest BCUT2D eigenvalue weighted by Gasteiger charge is 2.21. The molecule has 0 rings (SSSR count). The van der Waals surface area contributed by atoms with Gasteiger partial charge >= 0.3 is 0 Å². The minimum atomic E-state index is -0.716. The van der Waals surface area contributed by atoms with Crippen LogP contribution in [0.25, 0.3) is 0 Å². The number of rotatable bonds is 10. The minimum absolute atomic E-state index is 0.118. The second kappa shape index (κ2) is 8.93. The molecule has 0 heterocycles. The minimum Gasteiger partial charge on any atom is -0.389 e. The first-order valence-electron chi connectivity index (χ1n) is 6.19. The largest absolute Gasteiger partial charge is 0.389 e. The molecular formula is C12H27NO3. The summed E-state index contributed by atoms with van der Waals surface area (Å²) >= 11 is 0. The van der Waals surface area contributed by atoms with E-state index in [9.17, 15) is 5.11 Å². The van der Waals surface area contributed by atoms with Crippen molar-refractivity contribution < 1.29 is 14.6 Å². The van der Waals surface area contributed by atoms with Gasteiger partial charge in [-0.15, -0.1) is 0 Å². The summed E-state index contributed by atoms with van der Waals surface area (Å²) < 4.78 is 10.8. The summed E-state index contributed by atoms with van der Waals surface area (Å²) in [6.45, 7) is 8.22. The van der Waals surface area contributed by atoms with Crippen LogP contribution >= 0.6 is 0 Å². The normalized spacial score (nSPS) is 17.1. The van der Waals surface area contributed by atoms with Gasteiger partial charge in [-0.05, 0) is 33.1 Å². The Balaban J connectivity index is 3.51. The molecule has 0 amide bonds. The monoisotopic (exact) mass is 233 g/mol. The van der Waals surface area contributed by atoms with Crippen molar-refractivity contribution in [2.75, 3.05) is 26.4 Å². The van der Waals surface area contributed by atoms with Gasteiger partial charge < -0.3 is 20.3 Å². The van der Waals surface area contributed by atoms with Crippen molar-refractivity contribution in [2.24, 2.45) is 5.73 Å². The van der Waals surface area contributed by atoms with Crippen LogP contribution in [0.1, 0.15) is 40.0 Å². The highest BCUT2D eigenvalue weighted by atomic mass is 16.5. The van der Waals surface area contributed by atoms with Crippen molar-refractivity contribution in [3.05, 3.63) is 0 Å². The summed E-state index contributed by atoms with van der Waals surface area (Å²) in [5.74, 6) is 0. The van der Waals surface area contributed by atoms with E-state index in [4.69, 9.17) is 15.2 Å². The zero-order valence-corrected chi connectivity index (χ0v) is 10.9. The third-order valence-corrected chi connectivity index (χ3v) is 2.78. The Bertz CT molecular complexity index is 160. The molecule has 0 saturated carbocycles. The van der Waals surface area contributed by atoms with Crippen LogP contribution < -0.4 is 5.73 Å². The first-order chi connectivity index (χ1) is 7.58. The van der Waals surface area contributed by atoms with Crippen LogP contribution in [0.15, 0.2) is 0 Å². The fourth-order valence-corrected chi connectivity index (χ4v) is 1.44. The summed E-state index contributed by atoms with van der Waals surface area (Å²) in [5.41, 5.74) is 4.80. The first kappa shape index (κ1) is 15.8. The number of ether oxygens (including phenoxy) is 2. The van der Waals surface area contributed by atoms with Gasteiger partial charge in [-0.25, -0.2) is 0 Å². The number of hydrogen-bond acceptors (Lipinski definition) is 4. The molecule has 4 heteroatoms. The summed E-state index contributed by atoms with van der Waals surface area (Å²) in [7, 11) is 0. The van der Waals surface area contributed by atoms with E-state index in [2.05, 4.69) is 0 Å². The lowest BCUT2D eigenvalue weighted by Crippen LogP contribution is -2.37. The van der Waals surface area contributed by atoms with Crippen LogP contribution in [0.5, 0.6) is 0 Å². The molecule has 0 aromatic heterocycles. The molecular weight excluding hydrogens is 206 g/mol. The maximum Gasteiger partial charge on any atom is 0.0780 e. The van der Waals surface area contributed by atoms with Gasteiger partial charge in [-0.2, -0.15) is 0 Å². The molecule has 0 aromatic rings. The van der Waals surface area contributed by atoms with Gasteiger partial charge in [-0.3, -0.25) is 0 Å². The highest BCUT2D eigenvalue weighted by Crippen LogP contribution is 2.15. The van der Waals surface area contributed by atoms with E-state index in [1.165, 1.54) is 0 Å². The summed E-state index contributed by atoms with van der Waals surface area (Å²) in [5, 5.41) is 9.93. The smallest absolute Gasteiger partial charge is 0.0780 e. The topological polar surface area (TPSA) is 64.7 Å². The van der Waals surface area contributed by atoms with E-state index in [1.807, 2.05) is 20.8 Å². The maximum absolute atomic E-state index is 9.93. The molecule has 0 aliphatic heterocycles. The summed E-state index contributed by atoms with van der Waals surface area (Å²) in [6, 6.07) is 0. The SMILES string of the molecule is CCOCC(C)OCCCC(O)(CC)CN. The molecule has 0 radical (unpaired) electrons. The molecule has 2 unspecified atom stereocenters. The van der Waals surface area contributed by atoms with Crippen LogP contribution in [0.2, 0.25) is 0 Å². The second-order valence-electron chi connectivity index (χ2n) is 4.23. The van der Waals surface area contributed by atoms with Crippen molar-refractivity contribution in [1.82, 2.24) is 0 Å². The quantitative estimate of drug-likeness (QED) is 0.558. The maximum atomic E-state index is 9.93. The molecule has 3 N–H and O–H groups in total. The van der Waals surface area contributed by atoms with Gasteiger partial charge in [0.1, 0.15) is 0 Å². The van der Waals surface area contributed by atoms with Gasteiger partial charge in [0.2, 0.25) is 0 Å². The molecule has 0 aromatic carbocycles. The number of nitrogens with two attached hydrogens (primary N) is 1. The Labute approximate surface area is 99.1 Å². The predicted octanol–water partition coefficient (Wildman–Crippen LogP) is 1.31. The average Bonchev–Trinajstić information content (AvgIpc) is 2.31. The first-order valence-corrected chi connectivity index (χ1v) is 6.19. The zero-order chi connectivity index (χ0) is 12.4. The van der Waals surface area contributed by atoms with Crippen molar-refractivity contribution in [1.29, 1.82) is 0 Å². The van der Waals surface area contributed by atoms with E-state index in [0.717, 1.165) is 13.0 Å². The zero-order valence-electron chi connectivity index (χ0n) is 10.9. The van der Waals surface area contributed by atoms with Crippen molar-refractivity contribution in [3.63, 3.8) is 0 Å². The number of hydrogen-bond donors (Lipinski definition) is 2. The third kappa shape index (κ3) is 7.17. The summed E-state index contributed by atoms with van der Waals surface area (Å²) in [6.07, 6.45) is 2.34. The fourth-order valence-electron chi connectivity index (χ4n) is 1.44. The Hall–Kier alpha value is -0.160. The van der Waals surface area contributed by atoms with Crippen LogP contribution in [-0.4, -0.2) is 43.2 Å². The molecule has 0 fully saturated rings. The van der Waals surface area contributed by atoms with E-state index >= 15 is 0 Å².